The maximum absolute atomic E-state index is 12.8. The predicted octanol–water partition coefficient (Wildman–Crippen LogP) is 4.07. The first-order valence-electron chi connectivity index (χ1n) is 10.3. The monoisotopic (exact) mass is 455 g/mol. The van der Waals surface area contributed by atoms with Gasteiger partial charge in [0.05, 0.1) is 5.69 Å². The molecule has 162 valence electrons. The average molecular weight is 456 g/mol. The second-order valence-electron chi connectivity index (χ2n) is 7.58. The molecule has 0 N–H and O–H groups in total. The number of esters is 1. The summed E-state index contributed by atoms with van der Waals surface area (Å²) in [7, 11) is 0. The van der Waals surface area contributed by atoms with Crippen LogP contribution in [0.15, 0.2) is 47.2 Å². The zero-order valence-corrected chi connectivity index (χ0v) is 19.2. The number of aromatic nitrogens is 1. The number of carbonyl (C=O) groups excluding carboxylic acids is 2. The van der Waals surface area contributed by atoms with Crippen molar-refractivity contribution in [1.29, 1.82) is 0 Å². The minimum Gasteiger partial charge on any atom is -0.448 e. The molecule has 1 unspecified atom stereocenters. The molecule has 3 heterocycles. The van der Waals surface area contributed by atoms with Crippen LogP contribution in [0.4, 0.5) is 0 Å². The number of aryl methyl sites for hydroxylation is 1. The molecule has 2 aromatic heterocycles. The van der Waals surface area contributed by atoms with E-state index >= 15 is 0 Å². The molecule has 6 nitrogen and oxygen atoms in total. The average Bonchev–Trinajstić information content (AvgIpc) is 3.44. The van der Waals surface area contributed by atoms with E-state index in [0.717, 1.165) is 30.2 Å². The maximum atomic E-state index is 12.8. The van der Waals surface area contributed by atoms with E-state index in [0.29, 0.717) is 23.7 Å². The Kier molecular flexibility index (Phi) is 6.80. The van der Waals surface area contributed by atoms with Crippen LogP contribution in [-0.4, -0.2) is 58.9 Å². The van der Waals surface area contributed by atoms with Gasteiger partial charge in [0.2, 0.25) is 0 Å². The number of ether oxygens (including phenoxy) is 1. The number of carbonyl (C=O) groups is 2. The van der Waals surface area contributed by atoms with Crippen molar-refractivity contribution in [2.75, 3.05) is 26.2 Å². The number of hydrogen-bond acceptors (Lipinski definition) is 7. The van der Waals surface area contributed by atoms with Gasteiger partial charge in [-0.1, -0.05) is 30.3 Å². The van der Waals surface area contributed by atoms with Crippen LogP contribution in [-0.2, 0) is 16.1 Å². The highest BCUT2D eigenvalue weighted by Gasteiger charge is 2.28. The molecular formula is C23H25N3O3S2. The van der Waals surface area contributed by atoms with Crippen LogP contribution < -0.4 is 0 Å². The fourth-order valence-electron chi connectivity index (χ4n) is 3.59. The van der Waals surface area contributed by atoms with E-state index in [2.05, 4.69) is 22.0 Å². The molecule has 4 rings (SSSR count). The normalized spacial score (nSPS) is 15.6. The Balaban J connectivity index is 1.30. The van der Waals surface area contributed by atoms with Crippen LogP contribution in [0.3, 0.4) is 0 Å². The van der Waals surface area contributed by atoms with Crippen molar-refractivity contribution in [3.63, 3.8) is 0 Å². The Hall–Kier alpha value is -2.55. The molecule has 1 aromatic carbocycles. The molecule has 31 heavy (non-hydrogen) atoms. The lowest BCUT2D eigenvalue weighted by atomic mass is 10.2. The highest BCUT2D eigenvalue weighted by atomic mass is 32.1. The summed E-state index contributed by atoms with van der Waals surface area (Å²) in [6, 6.07) is 12.3. The third-order valence-electron chi connectivity index (χ3n) is 5.31. The summed E-state index contributed by atoms with van der Waals surface area (Å²) in [5.41, 5.74) is 2.89. The van der Waals surface area contributed by atoms with E-state index < -0.39 is 12.1 Å². The van der Waals surface area contributed by atoms with Gasteiger partial charge in [0.1, 0.15) is 9.88 Å². The smallest absolute Gasteiger partial charge is 0.351 e. The highest BCUT2D eigenvalue weighted by Crippen LogP contribution is 2.30. The number of hydrogen-bond donors (Lipinski definition) is 0. The van der Waals surface area contributed by atoms with Gasteiger partial charge in [-0.3, -0.25) is 9.69 Å². The van der Waals surface area contributed by atoms with E-state index in [-0.39, 0.29) is 5.91 Å². The standard InChI is InChI=1S/C23H25N3O3S2/c1-16-20(31-21(24-16)19-8-13-30-15-19)23(28)29-17(2)22(27)26-11-9-25(10-12-26)14-18-6-4-3-5-7-18/h3-8,13,15,17H,9-12,14H2,1-2H3. The molecular weight excluding hydrogens is 430 g/mol. The minimum atomic E-state index is -0.820. The number of rotatable bonds is 6. The molecule has 0 saturated carbocycles. The summed E-state index contributed by atoms with van der Waals surface area (Å²) < 4.78 is 5.51. The number of thiophene rings is 1. The van der Waals surface area contributed by atoms with Crippen LogP contribution in [0.2, 0.25) is 0 Å². The molecule has 0 spiro atoms. The van der Waals surface area contributed by atoms with Crippen molar-refractivity contribution in [3.05, 3.63) is 63.3 Å². The highest BCUT2D eigenvalue weighted by molar-refractivity contribution is 7.17. The Morgan fingerprint density at radius 1 is 1.13 bits per heavy atom. The Morgan fingerprint density at radius 2 is 1.87 bits per heavy atom. The first-order chi connectivity index (χ1) is 15.0. The number of amides is 1. The lowest BCUT2D eigenvalue weighted by Crippen LogP contribution is -2.51. The van der Waals surface area contributed by atoms with Crippen molar-refractivity contribution in [3.8, 4) is 10.6 Å². The molecule has 0 radical (unpaired) electrons. The third-order valence-corrected chi connectivity index (χ3v) is 7.18. The predicted molar refractivity (Wildman–Crippen MR) is 123 cm³/mol. The van der Waals surface area contributed by atoms with Crippen LogP contribution >= 0.6 is 22.7 Å². The molecule has 1 atom stereocenters. The van der Waals surface area contributed by atoms with Gasteiger partial charge in [0, 0.05) is 43.7 Å². The van der Waals surface area contributed by atoms with Gasteiger partial charge in [-0.05, 0) is 30.9 Å². The summed E-state index contributed by atoms with van der Waals surface area (Å²) in [6.07, 6.45) is -0.820. The number of benzene rings is 1. The van der Waals surface area contributed by atoms with Gasteiger partial charge in [0.25, 0.3) is 5.91 Å². The number of nitrogens with zero attached hydrogens (tertiary/aromatic N) is 3. The number of piperazine rings is 1. The van der Waals surface area contributed by atoms with E-state index in [4.69, 9.17) is 4.74 Å². The van der Waals surface area contributed by atoms with Crippen LogP contribution in [0.1, 0.15) is 27.9 Å². The van der Waals surface area contributed by atoms with Crippen molar-refractivity contribution < 1.29 is 14.3 Å². The molecule has 1 aliphatic heterocycles. The van der Waals surface area contributed by atoms with Gasteiger partial charge < -0.3 is 9.64 Å². The fourth-order valence-corrected chi connectivity index (χ4v) is 5.25. The minimum absolute atomic E-state index is 0.145. The van der Waals surface area contributed by atoms with Crippen LogP contribution in [0, 0.1) is 6.92 Å². The lowest BCUT2D eigenvalue weighted by molar-refractivity contribution is -0.141. The summed E-state index contributed by atoms with van der Waals surface area (Å²) in [6.45, 7) is 7.20. The summed E-state index contributed by atoms with van der Waals surface area (Å²) in [5.74, 6) is -0.631. The van der Waals surface area contributed by atoms with Crippen LogP contribution in [0.5, 0.6) is 0 Å². The van der Waals surface area contributed by atoms with Gasteiger partial charge in [-0.25, -0.2) is 9.78 Å². The maximum Gasteiger partial charge on any atom is 0.351 e. The van der Waals surface area contributed by atoms with E-state index in [1.54, 1.807) is 30.1 Å². The Labute approximate surface area is 190 Å². The summed E-state index contributed by atoms with van der Waals surface area (Å²) >= 11 is 2.89. The molecule has 1 amide bonds. The molecule has 1 aliphatic rings. The first kappa shape index (κ1) is 21.7. The second-order valence-corrected chi connectivity index (χ2v) is 9.36. The van der Waals surface area contributed by atoms with Gasteiger partial charge in [-0.2, -0.15) is 11.3 Å². The molecule has 3 aromatic rings. The first-order valence-corrected chi connectivity index (χ1v) is 12.0. The largest absolute Gasteiger partial charge is 0.448 e. The zero-order valence-electron chi connectivity index (χ0n) is 17.6. The molecule has 1 fully saturated rings. The zero-order chi connectivity index (χ0) is 21.8. The topological polar surface area (TPSA) is 62.7 Å². The molecule has 8 heteroatoms. The van der Waals surface area contributed by atoms with Gasteiger partial charge in [-0.15, -0.1) is 11.3 Å². The fraction of sp³-hybridized carbons (Fsp3) is 0.348. The van der Waals surface area contributed by atoms with E-state index in [9.17, 15) is 9.59 Å². The van der Waals surface area contributed by atoms with Crippen molar-refractivity contribution in [1.82, 2.24) is 14.8 Å². The second kappa shape index (κ2) is 9.72. The van der Waals surface area contributed by atoms with Gasteiger partial charge in [0.15, 0.2) is 6.10 Å². The summed E-state index contributed by atoms with van der Waals surface area (Å²) in [4.78, 5) is 34.6. The molecule has 0 aliphatic carbocycles. The Bertz CT molecular complexity index is 1030. The number of thiazole rings is 1. The quantitative estimate of drug-likeness (QED) is 0.525. The van der Waals surface area contributed by atoms with Crippen molar-refractivity contribution in [2.45, 2.75) is 26.5 Å². The van der Waals surface area contributed by atoms with Crippen molar-refractivity contribution >= 4 is 34.6 Å². The lowest BCUT2D eigenvalue weighted by Gasteiger charge is -2.35. The summed E-state index contributed by atoms with van der Waals surface area (Å²) in [5, 5.41) is 4.76. The van der Waals surface area contributed by atoms with Gasteiger partial charge >= 0.3 is 5.97 Å². The molecule has 0 bridgehead atoms. The third kappa shape index (κ3) is 5.20. The van der Waals surface area contributed by atoms with Crippen LogP contribution in [0.25, 0.3) is 10.6 Å². The van der Waals surface area contributed by atoms with E-state index in [1.165, 1.54) is 16.9 Å². The van der Waals surface area contributed by atoms with E-state index in [1.807, 2.05) is 35.0 Å². The Morgan fingerprint density at radius 3 is 2.55 bits per heavy atom. The van der Waals surface area contributed by atoms with Crippen molar-refractivity contribution in [2.24, 2.45) is 0 Å². The molecule has 1 saturated heterocycles. The SMILES string of the molecule is Cc1nc(-c2ccsc2)sc1C(=O)OC(C)C(=O)N1CCN(Cc2ccccc2)CC1.